The van der Waals surface area contributed by atoms with Gasteiger partial charge in [0.1, 0.15) is 0 Å². The van der Waals surface area contributed by atoms with Crippen LogP contribution in [-0.2, 0) is 11.2 Å². The first kappa shape index (κ1) is 9.18. The molecule has 1 fully saturated rings. The van der Waals surface area contributed by atoms with Gasteiger partial charge in [-0.05, 0) is 12.8 Å². The number of carboxylic acids is 1. The smallest absolute Gasteiger partial charge is 0.303 e. The molecule has 0 spiro atoms. The summed E-state index contributed by atoms with van der Waals surface area (Å²) in [5, 5.41) is 12.2. The van der Waals surface area contributed by atoms with Crippen LogP contribution in [0, 0.1) is 0 Å². The van der Waals surface area contributed by atoms with E-state index in [2.05, 4.69) is 10.1 Å². The van der Waals surface area contributed by atoms with Crippen molar-refractivity contribution in [3.63, 3.8) is 0 Å². The van der Waals surface area contributed by atoms with Crippen molar-refractivity contribution < 1.29 is 14.4 Å². The summed E-state index contributed by atoms with van der Waals surface area (Å²) in [5.41, 5.74) is 0. The average molecular weight is 196 g/mol. The Bertz CT molecular complexity index is 331. The molecule has 1 heterocycles. The average Bonchev–Trinajstić information content (AvgIpc) is 2.46. The van der Waals surface area contributed by atoms with Gasteiger partial charge in [-0.15, -0.1) is 0 Å². The van der Waals surface area contributed by atoms with Gasteiger partial charge in [-0.3, -0.25) is 4.79 Å². The predicted molar refractivity (Wildman–Crippen MR) is 46.8 cm³/mol. The molecule has 5 nitrogen and oxygen atoms in total. The Kier molecular flexibility index (Phi) is 2.47. The van der Waals surface area contributed by atoms with Crippen LogP contribution in [0.1, 0.15) is 43.3 Å². The third kappa shape index (κ3) is 1.92. The van der Waals surface area contributed by atoms with Crippen molar-refractivity contribution in [3.8, 4) is 0 Å². The van der Waals surface area contributed by atoms with Crippen LogP contribution in [0.2, 0.25) is 0 Å². The first-order valence-electron chi connectivity index (χ1n) is 4.80. The quantitative estimate of drug-likeness (QED) is 0.786. The number of aliphatic carboxylic acids is 1. The number of carboxylic acid groups (broad SMARTS) is 1. The summed E-state index contributed by atoms with van der Waals surface area (Å²) in [6.45, 7) is 0. The number of rotatable bonds is 4. The standard InChI is InChI=1S/C9H12N2O3/c12-8(13)5-4-7-10-9(14-11-7)6-2-1-3-6/h6H,1-5H2,(H,12,13). The van der Waals surface area contributed by atoms with Gasteiger partial charge >= 0.3 is 5.97 Å². The SMILES string of the molecule is O=C(O)CCc1noc(C2CCC2)n1. The summed E-state index contributed by atoms with van der Waals surface area (Å²) < 4.78 is 5.05. The Morgan fingerprint density at radius 1 is 1.57 bits per heavy atom. The normalized spacial score (nSPS) is 16.6. The van der Waals surface area contributed by atoms with Crippen molar-refractivity contribution in [1.29, 1.82) is 0 Å². The van der Waals surface area contributed by atoms with E-state index in [1.807, 2.05) is 0 Å². The molecular formula is C9H12N2O3. The summed E-state index contributed by atoms with van der Waals surface area (Å²) in [5.74, 6) is 0.770. The van der Waals surface area contributed by atoms with Gasteiger partial charge in [-0.25, -0.2) is 0 Å². The number of aromatic nitrogens is 2. The molecule has 1 aliphatic carbocycles. The summed E-state index contributed by atoms with van der Waals surface area (Å²) >= 11 is 0. The fraction of sp³-hybridized carbons (Fsp3) is 0.667. The van der Waals surface area contributed by atoms with Crippen molar-refractivity contribution in [1.82, 2.24) is 10.1 Å². The second kappa shape index (κ2) is 3.77. The number of carbonyl (C=O) groups is 1. The molecule has 2 rings (SSSR count). The largest absolute Gasteiger partial charge is 0.481 e. The maximum Gasteiger partial charge on any atom is 0.303 e. The molecule has 0 amide bonds. The van der Waals surface area contributed by atoms with E-state index in [9.17, 15) is 4.79 Å². The fourth-order valence-electron chi connectivity index (χ4n) is 1.41. The van der Waals surface area contributed by atoms with E-state index >= 15 is 0 Å². The molecule has 0 bridgehead atoms. The summed E-state index contributed by atoms with van der Waals surface area (Å²) in [4.78, 5) is 14.5. The van der Waals surface area contributed by atoms with E-state index in [0.717, 1.165) is 12.8 Å². The van der Waals surface area contributed by atoms with Crippen LogP contribution in [0.4, 0.5) is 0 Å². The molecule has 14 heavy (non-hydrogen) atoms. The molecule has 76 valence electrons. The van der Waals surface area contributed by atoms with Crippen molar-refractivity contribution in [2.75, 3.05) is 0 Å². The molecule has 0 aromatic carbocycles. The fourth-order valence-corrected chi connectivity index (χ4v) is 1.41. The Labute approximate surface area is 81.1 Å². The van der Waals surface area contributed by atoms with Crippen molar-refractivity contribution >= 4 is 5.97 Å². The molecule has 0 aliphatic heterocycles. The second-order valence-corrected chi connectivity index (χ2v) is 3.57. The molecule has 1 aliphatic rings. The first-order valence-corrected chi connectivity index (χ1v) is 4.80. The third-order valence-electron chi connectivity index (χ3n) is 2.50. The zero-order chi connectivity index (χ0) is 9.97. The molecular weight excluding hydrogens is 184 g/mol. The molecule has 0 atom stereocenters. The predicted octanol–water partition coefficient (Wildman–Crippen LogP) is 1.35. The maximum atomic E-state index is 10.3. The van der Waals surface area contributed by atoms with Gasteiger partial charge in [-0.1, -0.05) is 11.6 Å². The number of hydrogen-bond acceptors (Lipinski definition) is 4. The lowest BCUT2D eigenvalue weighted by Gasteiger charge is -2.20. The molecule has 1 aromatic rings. The van der Waals surface area contributed by atoms with Gasteiger partial charge in [0.05, 0.1) is 6.42 Å². The van der Waals surface area contributed by atoms with Gasteiger partial charge < -0.3 is 9.63 Å². The lowest BCUT2D eigenvalue weighted by atomic mass is 9.85. The topological polar surface area (TPSA) is 76.2 Å². The highest BCUT2D eigenvalue weighted by Gasteiger charge is 2.25. The number of nitrogens with zero attached hydrogens (tertiary/aromatic N) is 2. The van der Waals surface area contributed by atoms with Crippen molar-refractivity contribution in [3.05, 3.63) is 11.7 Å². The Morgan fingerprint density at radius 2 is 2.36 bits per heavy atom. The lowest BCUT2D eigenvalue weighted by Crippen LogP contribution is -2.09. The first-order chi connectivity index (χ1) is 6.75. The summed E-state index contributed by atoms with van der Waals surface area (Å²) in [7, 11) is 0. The Balaban J connectivity index is 1.92. The van der Waals surface area contributed by atoms with E-state index in [4.69, 9.17) is 9.63 Å². The highest BCUT2D eigenvalue weighted by atomic mass is 16.5. The zero-order valence-corrected chi connectivity index (χ0v) is 7.77. The van der Waals surface area contributed by atoms with Crippen LogP contribution in [0.15, 0.2) is 4.52 Å². The molecule has 0 saturated heterocycles. The zero-order valence-electron chi connectivity index (χ0n) is 7.77. The Hall–Kier alpha value is -1.39. The van der Waals surface area contributed by atoms with Gasteiger partial charge in [0, 0.05) is 12.3 Å². The lowest BCUT2D eigenvalue weighted by molar-refractivity contribution is -0.137. The van der Waals surface area contributed by atoms with Gasteiger partial charge in [0.15, 0.2) is 5.82 Å². The van der Waals surface area contributed by atoms with Gasteiger partial charge in [0.25, 0.3) is 0 Å². The van der Waals surface area contributed by atoms with Gasteiger partial charge in [0.2, 0.25) is 5.89 Å². The van der Waals surface area contributed by atoms with E-state index in [1.165, 1.54) is 6.42 Å². The van der Waals surface area contributed by atoms with Crippen molar-refractivity contribution in [2.45, 2.75) is 38.0 Å². The Morgan fingerprint density at radius 3 is 2.93 bits per heavy atom. The van der Waals surface area contributed by atoms with Crippen LogP contribution < -0.4 is 0 Å². The van der Waals surface area contributed by atoms with Crippen molar-refractivity contribution in [2.24, 2.45) is 0 Å². The monoisotopic (exact) mass is 196 g/mol. The van der Waals surface area contributed by atoms with Crippen LogP contribution in [0.25, 0.3) is 0 Å². The molecule has 5 heteroatoms. The molecule has 0 unspecified atom stereocenters. The molecule has 1 aromatic heterocycles. The minimum atomic E-state index is -0.833. The maximum absolute atomic E-state index is 10.3. The minimum Gasteiger partial charge on any atom is -0.481 e. The van der Waals surface area contributed by atoms with E-state index in [0.29, 0.717) is 24.1 Å². The van der Waals surface area contributed by atoms with E-state index in [-0.39, 0.29) is 6.42 Å². The van der Waals surface area contributed by atoms with E-state index < -0.39 is 5.97 Å². The number of hydrogen-bond donors (Lipinski definition) is 1. The highest BCUT2D eigenvalue weighted by molar-refractivity contribution is 5.66. The van der Waals surface area contributed by atoms with Crippen LogP contribution in [0.5, 0.6) is 0 Å². The van der Waals surface area contributed by atoms with E-state index in [1.54, 1.807) is 0 Å². The summed E-state index contributed by atoms with van der Waals surface area (Å²) in [6.07, 6.45) is 3.85. The van der Waals surface area contributed by atoms with Crippen LogP contribution in [-0.4, -0.2) is 21.2 Å². The highest BCUT2D eigenvalue weighted by Crippen LogP contribution is 2.35. The summed E-state index contributed by atoms with van der Waals surface area (Å²) in [6, 6.07) is 0. The van der Waals surface area contributed by atoms with Crippen LogP contribution >= 0.6 is 0 Å². The van der Waals surface area contributed by atoms with Crippen LogP contribution in [0.3, 0.4) is 0 Å². The number of aryl methyl sites for hydroxylation is 1. The third-order valence-corrected chi connectivity index (χ3v) is 2.50. The van der Waals surface area contributed by atoms with Gasteiger partial charge in [-0.2, -0.15) is 4.98 Å². The molecule has 0 radical (unpaired) electrons. The minimum absolute atomic E-state index is 0.0592. The molecule has 1 saturated carbocycles. The molecule has 1 N–H and O–H groups in total. The second-order valence-electron chi connectivity index (χ2n) is 3.57.